The van der Waals surface area contributed by atoms with E-state index < -0.39 is 0 Å². The number of hydrogen-bond acceptors (Lipinski definition) is 2. The van der Waals surface area contributed by atoms with Crippen LogP contribution in [0.2, 0.25) is 0 Å². The Morgan fingerprint density at radius 3 is 1.76 bits per heavy atom. The molecule has 314 valence electrons. The van der Waals surface area contributed by atoms with Crippen LogP contribution in [0.25, 0.3) is 0 Å². The Bertz CT molecular complexity index is 1060. The molecule has 0 saturated heterocycles. The first-order valence-corrected chi connectivity index (χ1v) is 25.0. The number of carbonyl (C=O) groups excluding carboxylic acids is 1. The molecule has 0 spiro atoms. The zero-order chi connectivity index (χ0) is 38.8. The van der Waals surface area contributed by atoms with E-state index in [9.17, 15) is 4.79 Å². The smallest absolute Gasteiger partial charge is 0.309 e. The van der Waals surface area contributed by atoms with Crippen LogP contribution in [-0.4, -0.2) is 12.1 Å². The zero-order valence-electron chi connectivity index (χ0n) is 37.6. The van der Waals surface area contributed by atoms with Gasteiger partial charge in [0.2, 0.25) is 0 Å². The number of allylic oxidation sites excluding steroid dienone is 1. The lowest BCUT2D eigenvalue weighted by Gasteiger charge is -2.58. The summed E-state index contributed by atoms with van der Waals surface area (Å²) >= 11 is 0. The number of carbonyl (C=O) groups is 1. The van der Waals surface area contributed by atoms with Gasteiger partial charge in [-0.25, -0.2) is 0 Å². The molecule has 0 aromatic carbocycles. The van der Waals surface area contributed by atoms with Crippen molar-refractivity contribution in [1.82, 2.24) is 0 Å². The fourth-order valence-electron chi connectivity index (χ4n) is 13.0. The second-order valence-electron chi connectivity index (χ2n) is 20.9. The number of fused-ring (bicyclic) bond motifs is 5. The van der Waals surface area contributed by atoms with E-state index in [1.165, 1.54) is 180 Å². The molecule has 2 nitrogen and oxygen atoms in total. The third-order valence-corrected chi connectivity index (χ3v) is 16.4. The largest absolute Gasteiger partial charge is 0.462 e. The van der Waals surface area contributed by atoms with Crippen molar-refractivity contribution >= 4 is 5.97 Å². The summed E-state index contributed by atoms with van der Waals surface area (Å²) in [6, 6.07) is 0. The summed E-state index contributed by atoms with van der Waals surface area (Å²) in [5.74, 6) is 5.51. The summed E-state index contributed by atoms with van der Waals surface area (Å²) < 4.78 is 6.55. The van der Waals surface area contributed by atoms with Crippen molar-refractivity contribution in [2.45, 2.75) is 260 Å². The molecular formula is C52H94O2. The molecule has 4 rings (SSSR count). The number of rotatable bonds is 28. The molecule has 0 aromatic rings. The highest BCUT2D eigenvalue weighted by atomic mass is 16.5. The van der Waals surface area contributed by atoms with Gasteiger partial charge in [0.25, 0.3) is 0 Å². The van der Waals surface area contributed by atoms with Crippen molar-refractivity contribution in [1.29, 1.82) is 0 Å². The van der Waals surface area contributed by atoms with Crippen LogP contribution in [0, 0.1) is 52.3 Å². The minimum absolute atomic E-state index is 0.100. The average molecular weight is 751 g/mol. The summed E-state index contributed by atoms with van der Waals surface area (Å²) in [7, 11) is 0. The minimum Gasteiger partial charge on any atom is -0.462 e. The van der Waals surface area contributed by atoms with Gasteiger partial charge < -0.3 is 4.74 Å². The highest BCUT2D eigenvalue weighted by Gasteiger charge is 2.59. The molecule has 4 aliphatic carbocycles. The molecule has 0 amide bonds. The predicted octanol–water partition coefficient (Wildman–Crippen LogP) is 16.8. The quantitative estimate of drug-likeness (QED) is 0.0452. The van der Waals surface area contributed by atoms with Crippen molar-refractivity contribution in [2.24, 2.45) is 52.3 Å². The fourth-order valence-corrected chi connectivity index (χ4v) is 13.0. The van der Waals surface area contributed by atoms with E-state index in [0.717, 1.165) is 61.2 Å². The molecule has 0 N–H and O–H groups in total. The monoisotopic (exact) mass is 751 g/mol. The summed E-state index contributed by atoms with van der Waals surface area (Å²) in [6.45, 7) is 17.3. The number of unbranched alkanes of at least 4 members (excludes halogenated alkanes) is 17. The van der Waals surface area contributed by atoms with Crippen LogP contribution in [0.3, 0.4) is 0 Å². The van der Waals surface area contributed by atoms with E-state index >= 15 is 0 Å². The van der Waals surface area contributed by atoms with Crippen LogP contribution in [0.1, 0.15) is 254 Å². The van der Waals surface area contributed by atoms with E-state index in [1.807, 2.05) is 0 Å². The van der Waals surface area contributed by atoms with Crippen molar-refractivity contribution < 1.29 is 9.53 Å². The van der Waals surface area contributed by atoms with Gasteiger partial charge in [0.05, 0.1) is 5.92 Å². The molecular weight excluding hydrogens is 657 g/mol. The Labute approximate surface area is 338 Å². The molecule has 3 fully saturated rings. The lowest BCUT2D eigenvalue weighted by atomic mass is 9.47. The molecule has 0 heterocycles. The Hall–Kier alpha value is -0.790. The SMILES string of the molecule is CCCCCCCCCCCCCC(CCCCCCCCCC)C(=O)O[C@H]1CC[C@@]2(C)C(=CC[C@H]3[C@@H]4CC[C@H]([C@H](C)CCCC(C)C)[C@@]4(C)CC[C@@H]32)C1. The normalized spacial score (nSPS) is 30.4. The predicted molar refractivity (Wildman–Crippen MR) is 235 cm³/mol. The highest BCUT2D eigenvalue weighted by Crippen LogP contribution is 2.67. The maximum atomic E-state index is 13.9. The van der Waals surface area contributed by atoms with Crippen molar-refractivity contribution in [3.8, 4) is 0 Å². The third kappa shape index (κ3) is 13.4. The summed E-state index contributed by atoms with van der Waals surface area (Å²) in [5, 5.41) is 0. The molecule has 1 unspecified atom stereocenters. The Morgan fingerprint density at radius 2 is 1.20 bits per heavy atom. The van der Waals surface area contributed by atoms with Crippen molar-refractivity contribution in [3.63, 3.8) is 0 Å². The first kappa shape index (κ1) is 45.9. The minimum atomic E-state index is 0.100. The van der Waals surface area contributed by atoms with Crippen LogP contribution in [0.4, 0.5) is 0 Å². The molecule has 0 aliphatic heterocycles. The summed E-state index contributed by atoms with van der Waals surface area (Å²) in [6.07, 6.45) is 45.1. The van der Waals surface area contributed by atoms with Gasteiger partial charge in [0.1, 0.15) is 6.10 Å². The van der Waals surface area contributed by atoms with Crippen LogP contribution in [0.15, 0.2) is 11.6 Å². The fraction of sp³-hybridized carbons (Fsp3) is 0.942. The second kappa shape index (κ2) is 24.2. The van der Waals surface area contributed by atoms with Crippen molar-refractivity contribution in [3.05, 3.63) is 11.6 Å². The molecule has 2 heteroatoms. The maximum Gasteiger partial charge on any atom is 0.309 e. The van der Waals surface area contributed by atoms with Gasteiger partial charge >= 0.3 is 5.97 Å². The lowest BCUT2D eigenvalue weighted by Crippen LogP contribution is -2.51. The second-order valence-corrected chi connectivity index (χ2v) is 20.9. The van der Waals surface area contributed by atoms with Gasteiger partial charge in [-0.3, -0.25) is 4.79 Å². The first-order valence-electron chi connectivity index (χ1n) is 25.0. The maximum absolute atomic E-state index is 13.9. The van der Waals surface area contributed by atoms with E-state index in [1.54, 1.807) is 5.57 Å². The number of hydrogen-bond donors (Lipinski definition) is 0. The molecule has 3 saturated carbocycles. The van der Waals surface area contributed by atoms with E-state index in [2.05, 4.69) is 54.5 Å². The molecule has 0 bridgehead atoms. The Balaban J connectivity index is 1.26. The molecule has 54 heavy (non-hydrogen) atoms. The first-order chi connectivity index (χ1) is 26.1. The van der Waals surface area contributed by atoms with Gasteiger partial charge in [-0.15, -0.1) is 0 Å². The van der Waals surface area contributed by atoms with Gasteiger partial charge in [-0.05, 0) is 104 Å². The molecule has 0 aromatic heterocycles. The van der Waals surface area contributed by atoms with Gasteiger partial charge in [-0.2, -0.15) is 0 Å². The molecule has 9 atom stereocenters. The number of ether oxygens (including phenoxy) is 1. The Kier molecular flexibility index (Phi) is 20.6. The summed E-state index contributed by atoms with van der Waals surface area (Å²) in [5.41, 5.74) is 2.53. The Morgan fingerprint density at radius 1 is 0.648 bits per heavy atom. The van der Waals surface area contributed by atoms with E-state index in [-0.39, 0.29) is 18.0 Å². The van der Waals surface area contributed by atoms with E-state index in [4.69, 9.17) is 4.74 Å². The molecule has 0 radical (unpaired) electrons. The zero-order valence-corrected chi connectivity index (χ0v) is 37.6. The average Bonchev–Trinajstić information content (AvgIpc) is 3.51. The van der Waals surface area contributed by atoms with Gasteiger partial charge in [-0.1, -0.05) is 201 Å². The van der Waals surface area contributed by atoms with Gasteiger partial charge in [0.15, 0.2) is 0 Å². The standard InChI is InChI=1S/C52H94O2/c1-8-10-12-14-16-18-19-20-22-24-26-31-43(30-25-23-21-17-15-13-11-9-2)50(53)54-45-36-38-51(6)44(40-45)32-33-46-48-35-34-47(42(5)29-27-28-41(3)4)52(48,7)39-37-49(46)51/h32,41-43,45-49H,8-31,33-40H2,1-7H3/t42-,43?,45+,46+,47-,48+,49+,51+,52-/m1/s1. The van der Waals surface area contributed by atoms with Crippen LogP contribution in [-0.2, 0) is 9.53 Å². The van der Waals surface area contributed by atoms with E-state index in [0.29, 0.717) is 10.8 Å². The van der Waals surface area contributed by atoms with Gasteiger partial charge in [0, 0.05) is 6.42 Å². The van der Waals surface area contributed by atoms with Crippen LogP contribution >= 0.6 is 0 Å². The number of esters is 1. The van der Waals surface area contributed by atoms with Crippen molar-refractivity contribution in [2.75, 3.05) is 0 Å². The molecule has 4 aliphatic rings. The third-order valence-electron chi connectivity index (χ3n) is 16.4. The topological polar surface area (TPSA) is 26.3 Å². The van der Waals surface area contributed by atoms with Crippen LogP contribution in [0.5, 0.6) is 0 Å². The van der Waals surface area contributed by atoms with Crippen LogP contribution < -0.4 is 0 Å². The highest BCUT2D eigenvalue weighted by molar-refractivity contribution is 5.72. The summed E-state index contributed by atoms with van der Waals surface area (Å²) in [4.78, 5) is 13.9. The lowest BCUT2D eigenvalue weighted by molar-refractivity contribution is -0.157.